The lowest BCUT2D eigenvalue weighted by atomic mass is 9.98. The third kappa shape index (κ3) is 3.74. The van der Waals surface area contributed by atoms with Gasteiger partial charge in [0.2, 0.25) is 5.91 Å². The van der Waals surface area contributed by atoms with Crippen LogP contribution in [0, 0.1) is 17.2 Å². The van der Waals surface area contributed by atoms with Crippen molar-refractivity contribution in [2.75, 3.05) is 23.5 Å². The number of amides is 1. The molecule has 3 nitrogen and oxygen atoms in total. The zero-order valence-electron chi connectivity index (χ0n) is 11.1. The van der Waals surface area contributed by atoms with Gasteiger partial charge >= 0.3 is 0 Å². The van der Waals surface area contributed by atoms with Gasteiger partial charge in [0, 0.05) is 19.2 Å². The van der Waals surface area contributed by atoms with Crippen molar-refractivity contribution in [2.24, 2.45) is 5.92 Å². The van der Waals surface area contributed by atoms with E-state index in [0.717, 1.165) is 18.5 Å². The standard InChI is InChI=1S/C15H18N2OS/c1-17(14-4-2-3-13(9-14)11-16)15(18)10-12-5-7-19-8-6-12/h2-4,9,12H,5-8,10H2,1H3. The Morgan fingerprint density at radius 2 is 2.21 bits per heavy atom. The second kappa shape index (κ2) is 6.63. The molecule has 0 aliphatic carbocycles. The van der Waals surface area contributed by atoms with Crippen molar-refractivity contribution in [1.29, 1.82) is 5.26 Å². The molecular weight excluding hydrogens is 256 g/mol. The van der Waals surface area contributed by atoms with E-state index in [-0.39, 0.29) is 5.91 Å². The highest BCUT2D eigenvalue weighted by Gasteiger charge is 2.20. The summed E-state index contributed by atoms with van der Waals surface area (Å²) in [6.45, 7) is 0. The van der Waals surface area contributed by atoms with Crippen LogP contribution in [-0.2, 0) is 4.79 Å². The Morgan fingerprint density at radius 1 is 1.47 bits per heavy atom. The van der Waals surface area contributed by atoms with Gasteiger partial charge in [-0.05, 0) is 48.5 Å². The van der Waals surface area contributed by atoms with Gasteiger partial charge in [0.05, 0.1) is 11.6 Å². The van der Waals surface area contributed by atoms with Gasteiger partial charge in [-0.25, -0.2) is 0 Å². The monoisotopic (exact) mass is 274 g/mol. The van der Waals surface area contributed by atoms with Crippen molar-refractivity contribution < 1.29 is 4.79 Å². The van der Waals surface area contributed by atoms with Gasteiger partial charge in [0.25, 0.3) is 0 Å². The lowest BCUT2D eigenvalue weighted by Gasteiger charge is -2.24. The summed E-state index contributed by atoms with van der Waals surface area (Å²) < 4.78 is 0. The fourth-order valence-electron chi connectivity index (χ4n) is 2.26. The van der Waals surface area contributed by atoms with E-state index in [1.807, 2.05) is 23.9 Å². The first kappa shape index (κ1) is 14.0. The van der Waals surface area contributed by atoms with E-state index in [0.29, 0.717) is 17.9 Å². The average Bonchev–Trinajstić information content (AvgIpc) is 2.47. The average molecular weight is 274 g/mol. The largest absolute Gasteiger partial charge is 0.315 e. The van der Waals surface area contributed by atoms with Crippen LogP contribution >= 0.6 is 11.8 Å². The SMILES string of the molecule is CN(C(=O)CC1CCSCC1)c1cccc(C#N)c1. The Morgan fingerprint density at radius 3 is 2.89 bits per heavy atom. The maximum Gasteiger partial charge on any atom is 0.226 e. The Balaban J connectivity index is 1.99. The van der Waals surface area contributed by atoms with E-state index < -0.39 is 0 Å². The van der Waals surface area contributed by atoms with Gasteiger partial charge in [0.1, 0.15) is 0 Å². The van der Waals surface area contributed by atoms with Crippen LogP contribution in [0.25, 0.3) is 0 Å². The smallest absolute Gasteiger partial charge is 0.226 e. The van der Waals surface area contributed by atoms with Crippen LogP contribution in [-0.4, -0.2) is 24.5 Å². The molecule has 0 bridgehead atoms. The molecule has 1 heterocycles. The van der Waals surface area contributed by atoms with Crippen LogP contribution in [0.2, 0.25) is 0 Å². The van der Waals surface area contributed by atoms with Gasteiger partial charge in [0.15, 0.2) is 0 Å². The number of hydrogen-bond donors (Lipinski definition) is 0. The fourth-order valence-corrected chi connectivity index (χ4v) is 3.47. The van der Waals surface area contributed by atoms with Gasteiger partial charge < -0.3 is 4.90 Å². The van der Waals surface area contributed by atoms with Crippen molar-refractivity contribution in [3.63, 3.8) is 0 Å². The molecule has 4 heteroatoms. The number of benzene rings is 1. The van der Waals surface area contributed by atoms with E-state index in [1.54, 1.807) is 24.1 Å². The summed E-state index contributed by atoms with van der Waals surface area (Å²) in [6.07, 6.45) is 2.90. The molecule has 1 fully saturated rings. The summed E-state index contributed by atoms with van der Waals surface area (Å²) >= 11 is 1.97. The summed E-state index contributed by atoms with van der Waals surface area (Å²) in [5.74, 6) is 3.01. The Labute approximate surface area is 118 Å². The van der Waals surface area contributed by atoms with Crippen molar-refractivity contribution in [3.8, 4) is 6.07 Å². The van der Waals surface area contributed by atoms with Gasteiger partial charge in [-0.2, -0.15) is 17.0 Å². The molecule has 1 aromatic carbocycles. The van der Waals surface area contributed by atoms with Crippen LogP contribution in [0.15, 0.2) is 24.3 Å². The van der Waals surface area contributed by atoms with E-state index in [4.69, 9.17) is 5.26 Å². The van der Waals surface area contributed by atoms with E-state index >= 15 is 0 Å². The molecule has 0 unspecified atom stereocenters. The van der Waals surface area contributed by atoms with Crippen LogP contribution in [0.4, 0.5) is 5.69 Å². The Kier molecular flexibility index (Phi) is 4.86. The van der Waals surface area contributed by atoms with Crippen molar-refractivity contribution >= 4 is 23.4 Å². The number of thioether (sulfide) groups is 1. The zero-order chi connectivity index (χ0) is 13.7. The van der Waals surface area contributed by atoms with Gasteiger partial charge in [-0.3, -0.25) is 4.79 Å². The normalized spacial score (nSPS) is 15.8. The lowest BCUT2D eigenvalue weighted by Crippen LogP contribution is -2.29. The first-order valence-electron chi connectivity index (χ1n) is 6.55. The molecule has 1 aliphatic heterocycles. The second-order valence-electron chi connectivity index (χ2n) is 4.87. The molecule has 0 aromatic heterocycles. The van der Waals surface area contributed by atoms with Crippen LogP contribution in [0.5, 0.6) is 0 Å². The zero-order valence-corrected chi connectivity index (χ0v) is 11.9. The molecular formula is C15H18N2OS. The molecule has 0 spiro atoms. The fraction of sp³-hybridized carbons (Fsp3) is 0.467. The van der Waals surface area contributed by atoms with Gasteiger partial charge in [-0.15, -0.1) is 0 Å². The van der Waals surface area contributed by atoms with Crippen molar-refractivity contribution in [1.82, 2.24) is 0 Å². The van der Waals surface area contributed by atoms with Crippen LogP contribution < -0.4 is 4.90 Å². The van der Waals surface area contributed by atoms with Crippen molar-refractivity contribution in [2.45, 2.75) is 19.3 Å². The van der Waals surface area contributed by atoms with Crippen molar-refractivity contribution in [3.05, 3.63) is 29.8 Å². The summed E-state index contributed by atoms with van der Waals surface area (Å²) in [7, 11) is 1.79. The highest BCUT2D eigenvalue weighted by atomic mass is 32.2. The molecule has 1 aliphatic rings. The number of anilines is 1. The molecule has 0 atom stereocenters. The number of nitriles is 1. The highest BCUT2D eigenvalue weighted by Crippen LogP contribution is 2.26. The predicted molar refractivity (Wildman–Crippen MR) is 79.2 cm³/mol. The minimum absolute atomic E-state index is 0.145. The molecule has 0 N–H and O–H groups in total. The summed E-state index contributed by atoms with van der Waals surface area (Å²) in [6, 6.07) is 9.30. The predicted octanol–water partition coefficient (Wildman–Crippen LogP) is 3.05. The van der Waals surface area contributed by atoms with E-state index in [2.05, 4.69) is 6.07 Å². The molecule has 19 heavy (non-hydrogen) atoms. The quantitative estimate of drug-likeness (QED) is 0.851. The third-order valence-electron chi connectivity index (χ3n) is 3.54. The number of carbonyl (C=O) groups excluding carboxylic acids is 1. The minimum Gasteiger partial charge on any atom is -0.315 e. The first-order chi connectivity index (χ1) is 9.20. The highest BCUT2D eigenvalue weighted by molar-refractivity contribution is 7.99. The van der Waals surface area contributed by atoms with E-state index in [1.165, 1.54) is 11.5 Å². The second-order valence-corrected chi connectivity index (χ2v) is 6.10. The Hall–Kier alpha value is -1.47. The van der Waals surface area contributed by atoms with E-state index in [9.17, 15) is 4.79 Å². The number of hydrogen-bond acceptors (Lipinski definition) is 3. The lowest BCUT2D eigenvalue weighted by molar-refractivity contribution is -0.119. The number of nitrogens with zero attached hydrogens (tertiary/aromatic N) is 2. The summed E-state index contributed by atoms with van der Waals surface area (Å²) in [5, 5.41) is 8.89. The molecule has 1 aromatic rings. The molecule has 2 rings (SSSR count). The van der Waals surface area contributed by atoms with Crippen LogP contribution in [0.1, 0.15) is 24.8 Å². The van der Waals surface area contributed by atoms with Crippen LogP contribution in [0.3, 0.4) is 0 Å². The Bertz CT molecular complexity index is 489. The minimum atomic E-state index is 0.145. The summed E-state index contributed by atoms with van der Waals surface area (Å²) in [5.41, 5.74) is 1.39. The molecule has 0 saturated carbocycles. The maximum absolute atomic E-state index is 12.2. The molecule has 0 radical (unpaired) electrons. The molecule has 100 valence electrons. The summed E-state index contributed by atoms with van der Waals surface area (Å²) in [4.78, 5) is 13.9. The maximum atomic E-state index is 12.2. The number of carbonyl (C=O) groups is 1. The topological polar surface area (TPSA) is 44.1 Å². The number of rotatable bonds is 3. The third-order valence-corrected chi connectivity index (χ3v) is 4.59. The molecule has 1 saturated heterocycles. The first-order valence-corrected chi connectivity index (χ1v) is 7.70. The van der Waals surface area contributed by atoms with Gasteiger partial charge in [-0.1, -0.05) is 6.07 Å². The molecule has 1 amide bonds.